The molecule has 0 aliphatic rings. The molecule has 3 nitrogen and oxygen atoms in total. The summed E-state index contributed by atoms with van der Waals surface area (Å²) in [7, 11) is 0. The largest absolute Gasteiger partial charge is 0.480 e. The Morgan fingerprint density at radius 1 is 1.09 bits per heavy atom. The number of benzene rings is 2. The van der Waals surface area contributed by atoms with Crippen LogP contribution in [0, 0.1) is 13.8 Å². The highest BCUT2D eigenvalue weighted by atomic mass is 79.9. The maximum absolute atomic E-state index is 12.3. The van der Waals surface area contributed by atoms with Crippen LogP contribution in [-0.4, -0.2) is 12.0 Å². The molecular formula is C17H17Br2NO2. The Hall–Kier alpha value is -1.33. The lowest BCUT2D eigenvalue weighted by atomic mass is 10.1. The molecular weight excluding hydrogens is 410 g/mol. The Balaban J connectivity index is 2.09. The molecule has 0 bridgehead atoms. The number of halogens is 2. The van der Waals surface area contributed by atoms with Crippen LogP contribution in [0.15, 0.2) is 45.3 Å². The van der Waals surface area contributed by atoms with Crippen LogP contribution in [0.1, 0.15) is 18.1 Å². The van der Waals surface area contributed by atoms with Crippen LogP contribution in [0.4, 0.5) is 5.69 Å². The number of aryl methyl sites for hydroxylation is 2. The Bertz CT molecular complexity index is 678. The summed E-state index contributed by atoms with van der Waals surface area (Å²) in [4.78, 5) is 12.3. The smallest absolute Gasteiger partial charge is 0.265 e. The summed E-state index contributed by atoms with van der Waals surface area (Å²) in [6.07, 6.45) is -0.586. The Morgan fingerprint density at radius 3 is 2.32 bits per heavy atom. The number of ether oxygens (including phenoxy) is 1. The molecule has 1 unspecified atom stereocenters. The average Bonchev–Trinajstić information content (AvgIpc) is 2.42. The van der Waals surface area contributed by atoms with Crippen molar-refractivity contribution >= 4 is 43.5 Å². The predicted molar refractivity (Wildman–Crippen MR) is 96.5 cm³/mol. The fourth-order valence-electron chi connectivity index (χ4n) is 2.12. The van der Waals surface area contributed by atoms with Crippen LogP contribution in [0.25, 0.3) is 0 Å². The highest BCUT2D eigenvalue weighted by Crippen LogP contribution is 2.28. The van der Waals surface area contributed by atoms with Gasteiger partial charge < -0.3 is 10.1 Å². The monoisotopic (exact) mass is 425 g/mol. The van der Waals surface area contributed by atoms with Crippen molar-refractivity contribution in [3.8, 4) is 5.75 Å². The van der Waals surface area contributed by atoms with Gasteiger partial charge in [0.15, 0.2) is 6.10 Å². The van der Waals surface area contributed by atoms with E-state index in [1.54, 1.807) is 6.92 Å². The maximum Gasteiger partial charge on any atom is 0.265 e. The molecule has 0 radical (unpaired) electrons. The molecule has 5 heteroatoms. The van der Waals surface area contributed by atoms with Crippen LogP contribution in [0.2, 0.25) is 0 Å². The fraction of sp³-hybridized carbons (Fsp3) is 0.235. The third kappa shape index (κ3) is 4.34. The van der Waals surface area contributed by atoms with Gasteiger partial charge in [-0.1, -0.05) is 37.9 Å². The van der Waals surface area contributed by atoms with Crippen molar-refractivity contribution in [1.29, 1.82) is 0 Å². The minimum atomic E-state index is -0.586. The summed E-state index contributed by atoms with van der Waals surface area (Å²) >= 11 is 6.84. The number of amides is 1. The number of carbonyl (C=O) groups excluding carboxylic acids is 1. The summed E-state index contributed by atoms with van der Waals surface area (Å²) < 4.78 is 7.77. The van der Waals surface area contributed by atoms with Gasteiger partial charge in [0.1, 0.15) is 5.75 Å². The highest BCUT2D eigenvalue weighted by molar-refractivity contribution is 9.10. The van der Waals surface area contributed by atoms with E-state index in [0.29, 0.717) is 0 Å². The van der Waals surface area contributed by atoms with E-state index in [0.717, 1.165) is 31.5 Å². The second-order valence-corrected chi connectivity index (χ2v) is 6.96. The molecule has 0 aromatic heterocycles. The SMILES string of the molecule is Cc1cc(Br)cc(C)c1OC(C)C(=O)Nc1cccc(Br)c1. The standard InChI is InChI=1S/C17H17Br2NO2/c1-10-7-14(19)8-11(2)16(10)22-12(3)17(21)20-15-6-4-5-13(18)9-15/h4-9,12H,1-3H3,(H,20,21). The lowest BCUT2D eigenvalue weighted by Gasteiger charge is -2.18. The molecule has 22 heavy (non-hydrogen) atoms. The molecule has 0 saturated heterocycles. The van der Waals surface area contributed by atoms with Gasteiger partial charge in [0.2, 0.25) is 0 Å². The molecule has 116 valence electrons. The molecule has 0 aliphatic heterocycles. The molecule has 0 aliphatic carbocycles. The van der Waals surface area contributed by atoms with Crippen molar-refractivity contribution in [3.05, 3.63) is 56.5 Å². The summed E-state index contributed by atoms with van der Waals surface area (Å²) in [5.41, 5.74) is 2.72. The van der Waals surface area contributed by atoms with Crippen molar-refractivity contribution in [2.75, 3.05) is 5.32 Å². The van der Waals surface area contributed by atoms with Gasteiger partial charge in [0.05, 0.1) is 0 Å². The lowest BCUT2D eigenvalue weighted by Crippen LogP contribution is -2.30. The van der Waals surface area contributed by atoms with Gasteiger partial charge in [-0.2, -0.15) is 0 Å². The Labute approximate surface area is 147 Å². The van der Waals surface area contributed by atoms with E-state index in [-0.39, 0.29) is 5.91 Å². The zero-order valence-electron chi connectivity index (χ0n) is 12.6. The number of hydrogen-bond donors (Lipinski definition) is 1. The van der Waals surface area contributed by atoms with E-state index in [1.165, 1.54) is 0 Å². The quantitative estimate of drug-likeness (QED) is 0.726. The molecule has 1 N–H and O–H groups in total. The molecule has 1 atom stereocenters. The first-order chi connectivity index (χ1) is 10.4. The van der Waals surface area contributed by atoms with E-state index in [2.05, 4.69) is 37.2 Å². The van der Waals surface area contributed by atoms with E-state index < -0.39 is 6.10 Å². The van der Waals surface area contributed by atoms with Crippen LogP contribution >= 0.6 is 31.9 Å². The third-order valence-electron chi connectivity index (χ3n) is 3.18. The van der Waals surface area contributed by atoms with E-state index in [1.807, 2.05) is 50.2 Å². The number of carbonyl (C=O) groups is 1. The van der Waals surface area contributed by atoms with Crippen LogP contribution in [-0.2, 0) is 4.79 Å². The van der Waals surface area contributed by atoms with Gasteiger partial charge in [-0.05, 0) is 62.2 Å². The summed E-state index contributed by atoms with van der Waals surface area (Å²) in [5.74, 6) is 0.569. The molecule has 2 aromatic rings. The van der Waals surface area contributed by atoms with E-state index in [9.17, 15) is 4.79 Å². The van der Waals surface area contributed by atoms with Crippen molar-refractivity contribution < 1.29 is 9.53 Å². The Kier molecular flexibility index (Phi) is 5.64. The molecule has 0 fully saturated rings. The second kappa shape index (κ2) is 7.29. The third-order valence-corrected chi connectivity index (χ3v) is 4.13. The summed E-state index contributed by atoms with van der Waals surface area (Å²) in [5, 5.41) is 2.85. The summed E-state index contributed by atoms with van der Waals surface area (Å²) in [6, 6.07) is 11.4. The normalized spacial score (nSPS) is 11.9. The zero-order chi connectivity index (χ0) is 16.3. The van der Waals surface area contributed by atoms with E-state index >= 15 is 0 Å². The van der Waals surface area contributed by atoms with Gasteiger partial charge in [-0.15, -0.1) is 0 Å². The first kappa shape index (κ1) is 17.0. The summed E-state index contributed by atoms with van der Waals surface area (Å²) in [6.45, 7) is 5.67. The molecule has 0 saturated carbocycles. The minimum absolute atomic E-state index is 0.181. The molecule has 2 aromatic carbocycles. The van der Waals surface area contributed by atoms with Gasteiger partial charge >= 0.3 is 0 Å². The highest BCUT2D eigenvalue weighted by Gasteiger charge is 2.17. The number of anilines is 1. The molecule has 2 rings (SSSR count). The van der Waals surface area contributed by atoms with Gasteiger partial charge in [-0.25, -0.2) is 0 Å². The first-order valence-corrected chi connectivity index (χ1v) is 8.45. The van der Waals surface area contributed by atoms with Crippen molar-refractivity contribution in [2.24, 2.45) is 0 Å². The molecule has 0 spiro atoms. The maximum atomic E-state index is 12.3. The molecule has 1 amide bonds. The van der Waals surface area contributed by atoms with Gasteiger partial charge in [0.25, 0.3) is 5.91 Å². The first-order valence-electron chi connectivity index (χ1n) is 6.86. The lowest BCUT2D eigenvalue weighted by molar-refractivity contribution is -0.122. The zero-order valence-corrected chi connectivity index (χ0v) is 15.8. The van der Waals surface area contributed by atoms with Crippen LogP contribution in [0.5, 0.6) is 5.75 Å². The van der Waals surface area contributed by atoms with Gasteiger partial charge in [-0.3, -0.25) is 4.79 Å². The fourth-order valence-corrected chi connectivity index (χ4v) is 3.21. The van der Waals surface area contributed by atoms with E-state index in [4.69, 9.17) is 4.74 Å². The Morgan fingerprint density at radius 2 is 1.73 bits per heavy atom. The number of nitrogens with one attached hydrogen (secondary N) is 1. The second-order valence-electron chi connectivity index (χ2n) is 5.13. The number of hydrogen-bond acceptors (Lipinski definition) is 2. The average molecular weight is 427 g/mol. The topological polar surface area (TPSA) is 38.3 Å². The van der Waals surface area contributed by atoms with Crippen LogP contribution < -0.4 is 10.1 Å². The van der Waals surface area contributed by atoms with Gasteiger partial charge in [0, 0.05) is 14.6 Å². The van der Waals surface area contributed by atoms with Crippen molar-refractivity contribution in [2.45, 2.75) is 26.9 Å². The van der Waals surface area contributed by atoms with Crippen LogP contribution in [0.3, 0.4) is 0 Å². The van der Waals surface area contributed by atoms with Crippen molar-refractivity contribution in [3.63, 3.8) is 0 Å². The predicted octanol–water partition coefficient (Wildman–Crippen LogP) is 5.23. The van der Waals surface area contributed by atoms with Crippen molar-refractivity contribution in [1.82, 2.24) is 0 Å². The number of rotatable bonds is 4. The molecule has 0 heterocycles. The minimum Gasteiger partial charge on any atom is -0.480 e.